The number of halogens is 2. The first-order valence-corrected chi connectivity index (χ1v) is 12.2. The average Bonchev–Trinajstić information content (AvgIpc) is 3.36. The van der Waals surface area contributed by atoms with Gasteiger partial charge in [-0.1, -0.05) is 45.7 Å². The van der Waals surface area contributed by atoms with Crippen molar-refractivity contribution in [2.24, 2.45) is 11.8 Å². The molecule has 178 valence electrons. The van der Waals surface area contributed by atoms with E-state index in [1.54, 1.807) is 30.3 Å². The number of carboxylic acids is 1. The summed E-state index contributed by atoms with van der Waals surface area (Å²) in [6, 6.07) is 5.89. The number of hydrogen-bond acceptors (Lipinski definition) is 5. The first kappa shape index (κ1) is 24.2. The molecular weight excluding hydrogens is 516 g/mol. The molecule has 0 radical (unpaired) electrons. The van der Waals surface area contributed by atoms with Crippen molar-refractivity contribution in [1.82, 2.24) is 4.90 Å². The van der Waals surface area contributed by atoms with Crippen LogP contribution in [0.4, 0.5) is 5.69 Å². The molecule has 2 amide bonds. The van der Waals surface area contributed by atoms with Crippen LogP contribution in [0.3, 0.4) is 0 Å². The average molecular weight is 542 g/mol. The van der Waals surface area contributed by atoms with Gasteiger partial charge in [0.2, 0.25) is 5.91 Å². The predicted molar refractivity (Wildman–Crippen MR) is 125 cm³/mol. The van der Waals surface area contributed by atoms with Crippen molar-refractivity contribution in [2.75, 3.05) is 24.6 Å². The topological polar surface area (TPSA) is 107 Å². The number of likely N-dealkylation sites (tertiary alicyclic amines) is 1. The number of alkyl halides is 1. The third-order valence-electron chi connectivity index (χ3n) is 6.84. The number of nitrogens with zero attached hydrogens (tertiary/aromatic N) is 2. The van der Waals surface area contributed by atoms with Gasteiger partial charge in [-0.05, 0) is 31.4 Å². The number of anilines is 1. The van der Waals surface area contributed by atoms with E-state index in [1.807, 2.05) is 0 Å². The molecule has 1 unspecified atom stereocenters. The van der Waals surface area contributed by atoms with Gasteiger partial charge in [-0.15, -0.1) is 6.58 Å². The SMILES string of the molecule is C=CCN(C(=O)[C@H]1N(CCCCO)C(=O)[C@@H]2[C@@H](C(=O)O)[C@@H]3O[C@@]21CC3Br)c1ccccc1Cl. The van der Waals surface area contributed by atoms with Gasteiger partial charge >= 0.3 is 5.97 Å². The lowest BCUT2D eigenvalue weighted by Gasteiger charge is -2.37. The van der Waals surface area contributed by atoms with Crippen LogP contribution in [0.15, 0.2) is 36.9 Å². The third kappa shape index (κ3) is 3.79. The van der Waals surface area contributed by atoms with E-state index in [-0.39, 0.29) is 24.5 Å². The number of aliphatic hydroxyl groups is 1. The largest absolute Gasteiger partial charge is 0.481 e. The molecule has 3 saturated heterocycles. The first-order valence-electron chi connectivity index (χ1n) is 10.9. The summed E-state index contributed by atoms with van der Waals surface area (Å²) in [6.45, 7) is 4.08. The number of carbonyl (C=O) groups is 3. The monoisotopic (exact) mass is 540 g/mol. The molecule has 1 aromatic carbocycles. The standard InChI is InChI=1S/C23H26BrClN2O6/c1-2-9-26(15-8-4-3-7-14(15)25)21(30)19-23-12-13(24)18(33-23)16(22(31)32)17(23)20(29)27(19)10-5-6-11-28/h2-4,7-8,13,16-19,28H,1,5-6,9-12H2,(H,31,32)/t13?,16-,17+,18-,19-,23+/m1/s1. The molecule has 8 nitrogen and oxygen atoms in total. The Morgan fingerprint density at radius 2 is 2.09 bits per heavy atom. The summed E-state index contributed by atoms with van der Waals surface area (Å²) in [5.41, 5.74) is -0.778. The number of rotatable bonds is 9. The van der Waals surface area contributed by atoms with Gasteiger partial charge in [0.25, 0.3) is 5.91 Å². The minimum Gasteiger partial charge on any atom is -0.481 e. The number of para-hydroxylation sites is 1. The van der Waals surface area contributed by atoms with Crippen molar-refractivity contribution in [1.29, 1.82) is 0 Å². The Morgan fingerprint density at radius 3 is 2.73 bits per heavy atom. The Kier molecular flexibility index (Phi) is 6.87. The van der Waals surface area contributed by atoms with Crippen LogP contribution in [-0.2, 0) is 19.1 Å². The van der Waals surface area contributed by atoms with Crippen molar-refractivity contribution in [2.45, 2.75) is 41.8 Å². The van der Waals surface area contributed by atoms with E-state index in [4.69, 9.17) is 16.3 Å². The van der Waals surface area contributed by atoms with E-state index >= 15 is 0 Å². The summed E-state index contributed by atoms with van der Waals surface area (Å²) in [5, 5.41) is 19.5. The van der Waals surface area contributed by atoms with Crippen molar-refractivity contribution >= 4 is 51.0 Å². The predicted octanol–water partition coefficient (Wildman–Crippen LogP) is 2.46. The maximum atomic E-state index is 14.1. The second-order valence-electron chi connectivity index (χ2n) is 8.65. The number of benzene rings is 1. The van der Waals surface area contributed by atoms with Crippen molar-refractivity contribution in [3.63, 3.8) is 0 Å². The zero-order valence-electron chi connectivity index (χ0n) is 17.9. The van der Waals surface area contributed by atoms with Crippen molar-refractivity contribution in [3.8, 4) is 0 Å². The molecule has 10 heteroatoms. The normalized spacial score (nSPS) is 32.2. The van der Waals surface area contributed by atoms with Gasteiger partial charge < -0.3 is 24.7 Å². The minimum atomic E-state index is -1.25. The number of carboxylic acid groups (broad SMARTS) is 1. The van der Waals surface area contributed by atoms with E-state index in [0.717, 1.165) is 0 Å². The summed E-state index contributed by atoms with van der Waals surface area (Å²) in [6.07, 6.45) is 2.15. The zero-order valence-corrected chi connectivity index (χ0v) is 20.2. The molecule has 3 aliphatic heterocycles. The molecule has 3 heterocycles. The molecule has 33 heavy (non-hydrogen) atoms. The van der Waals surface area contributed by atoms with Gasteiger partial charge in [-0.2, -0.15) is 0 Å². The van der Waals surface area contributed by atoms with Gasteiger partial charge in [-0.25, -0.2) is 0 Å². The minimum absolute atomic E-state index is 0.0444. The zero-order chi connectivity index (χ0) is 23.9. The van der Waals surface area contributed by atoms with E-state index in [2.05, 4.69) is 22.5 Å². The lowest BCUT2D eigenvalue weighted by Crippen LogP contribution is -2.57. The highest BCUT2D eigenvalue weighted by Gasteiger charge is 2.76. The van der Waals surface area contributed by atoms with Crippen LogP contribution in [-0.4, -0.2) is 75.2 Å². The molecule has 2 bridgehead atoms. The third-order valence-corrected chi connectivity index (χ3v) is 8.00. The highest BCUT2D eigenvalue weighted by atomic mass is 79.9. The Labute approximate surface area is 205 Å². The van der Waals surface area contributed by atoms with E-state index in [1.165, 1.54) is 9.80 Å². The van der Waals surface area contributed by atoms with Crippen LogP contribution in [0.5, 0.6) is 0 Å². The quantitative estimate of drug-likeness (QED) is 0.283. The Bertz CT molecular complexity index is 976. The van der Waals surface area contributed by atoms with Gasteiger partial charge in [0.15, 0.2) is 0 Å². The summed E-state index contributed by atoms with van der Waals surface area (Å²) in [5.74, 6) is -3.88. The summed E-state index contributed by atoms with van der Waals surface area (Å²) >= 11 is 9.92. The molecule has 6 atom stereocenters. The maximum Gasteiger partial charge on any atom is 0.310 e. The fraction of sp³-hybridized carbons (Fsp3) is 0.522. The molecule has 2 N–H and O–H groups in total. The first-order chi connectivity index (χ1) is 15.8. The van der Waals surface area contributed by atoms with Gasteiger partial charge in [0.05, 0.1) is 28.6 Å². The molecule has 3 fully saturated rings. The lowest BCUT2D eigenvalue weighted by molar-refractivity contribution is -0.149. The highest BCUT2D eigenvalue weighted by molar-refractivity contribution is 9.09. The van der Waals surface area contributed by atoms with Crippen molar-refractivity contribution in [3.05, 3.63) is 41.9 Å². The summed E-state index contributed by atoms with van der Waals surface area (Å²) in [4.78, 5) is 42.5. The molecule has 0 aliphatic carbocycles. The van der Waals surface area contributed by atoms with E-state index in [0.29, 0.717) is 30.0 Å². The molecule has 1 aromatic rings. The van der Waals surface area contributed by atoms with Crippen LogP contribution in [0.1, 0.15) is 19.3 Å². The number of amides is 2. The van der Waals surface area contributed by atoms with Crippen LogP contribution >= 0.6 is 27.5 Å². The van der Waals surface area contributed by atoms with Gasteiger partial charge in [-0.3, -0.25) is 14.4 Å². The van der Waals surface area contributed by atoms with E-state index in [9.17, 15) is 24.6 Å². The number of unbranched alkanes of at least 4 members (excludes halogenated alkanes) is 1. The van der Waals surface area contributed by atoms with E-state index < -0.39 is 47.4 Å². The molecule has 4 rings (SSSR count). The maximum absolute atomic E-state index is 14.1. The Hall–Kier alpha value is -1.94. The van der Waals surface area contributed by atoms with Crippen LogP contribution in [0, 0.1) is 11.8 Å². The number of fused-ring (bicyclic) bond motifs is 1. The Balaban J connectivity index is 1.79. The molecule has 0 aromatic heterocycles. The fourth-order valence-electron chi connectivity index (χ4n) is 5.58. The number of aliphatic hydroxyl groups excluding tert-OH is 1. The molecule has 1 spiro atoms. The smallest absolute Gasteiger partial charge is 0.310 e. The number of hydrogen-bond donors (Lipinski definition) is 2. The van der Waals surface area contributed by atoms with Crippen molar-refractivity contribution < 1.29 is 29.3 Å². The molecule has 0 saturated carbocycles. The lowest BCUT2D eigenvalue weighted by atomic mass is 9.70. The fourth-order valence-corrected chi connectivity index (χ4v) is 6.76. The number of carbonyl (C=O) groups excluding carboxylic acids is 2. The second-order valence-corrected chi connectivity index (χ2v) is 10.2. The second kappa shape index (κ2) is 9.37. The van der Waals surface area contributed by atoms with Crippen LogP contribution in [0.25, 0.3) is 0 Å². The molecular formula is C23H26BrClN2O6. The van der Waals surface area contributed by atoms with Crippen LogP contribution < -0.4 is 4.90 Å². The summed E-state index contributed by atoms with van der Waals surface area (Å²) < 4.78 is 6.26. The summed E-state index contributed by atoms with van der Waals surface area (Å²) in [7, 11) is 0. The highest BCUT2D eigenvalue weighted by Crippen LogP contribution is 2.60. The van der Waals surface area contributed by atoms with Gasteiger partial charge in [0, 0.05) is 24.5 Å². The molecule has 3 aliphatic rings. The van der Waals surface area contributed by atoms with Crippen LogP contribution in [0.2, 0.25) is 5.02 Å². The van der Waals surface area contributed by atoms with Gasteiger partial charge in [0.1, 0.15) is 11.6 Å². The number of aliphatic carboxylic acids is 1. The number of ether oxygens (including phenoxy) is 1. The Morgan fingerprint density at radius 1 is 1.36 bits per heavy atom.